The topological polar surface area (TPSA) is 181 Å². The molecule has 2 rings (SSSR count). The SMILES string of the molecule is CCCCCCCC/C=C\CCCCCCCC(=O)O[C@H]1CO[C@H]([C@@H](CO)OC(=O)CCCCCCC/C=C\CCCCCCCC)[C@@H]1OC1O[C@H](CO)[C@@H](O)[C@H](O)[C@@H]1O. The summed E-state index contributed by atoms with van der Waals surface area (Å²) >= 11 is 0. The van der Waals surface area contributed by atoms with Gasteiger partial charge in [-0.15, -0.1) is 0 Å². The van der Waals surface area contributed by atoms with Gasteiger partial charge < -0.3 is 49.2 Å². The van der Waals surface area contributed by atoms with Crippen LogP contribution in [-0.2, 0) is 33.3 Å². The van der Waals surface area contributed by atoms with Crippen LogP contribution in [0.2, 0.25) is 0 Å². The van der Waals surface area contributed by atoms with Gasteiger partial charge in [0, 0.05) is 12.8 Å². The summed E-state index contributed by atoms with van der Waals surface area (Å²) in [6.45, 7) is 3.09. The summed E-state index contributed by atoms with van der Waals surface area (Å²) in [4.78, 5) is 25.9. The first kappa shape index (κ1) is 54.2. The molecule has 12 nitrogen and oxygen atoms in total. The van der Waals surface area contributed by atoms with Gasteiger partial charge in [-0.05, 0) is 64.2 Å². The zero-order chi connectivity index (χ0) is 43.6. The second kappa shape index (κ2) is 35.5. The molecular formula is C48H86O12. The largest absolute Gasteiger partial charge is 0.457 e. The van der Waals surface area contributed by atoms with Gasteiger partial charge in [0.15, 0.2) is 18.5 Å². The number of allylic oxidation sites excluding steroid dienone is 4. The van der Waals surface area contributed by atoms with Crippen LogP contribution in [0.1, 0.15) is 194 Å². The third-order valence-corrected chi connectivity index (χ3v) is 11.7. The first-order valence-electron chi connectivity index (χ1n) is 24.1. The molecule has 2 fully saturated rings. The Bertz CT molecular complexity index is 1110. The van der Waals surface area contributed by atoms with E-state index in [4.69, 9.17) is 23.7 Å². The van der Waals surface area contributed by atoms with Gasteiger partial charge in [0.1, 0.15) is 36.6 Å². The maximum Gasteiger partial charge on any atom is 0.306 e. The number of aliphatic hydroxyl groups is 5. The first-order chi connectivity index (χ1) is 29.3. The van der Waals surface area contributed by atoms with Gasteiger partial charge in [-0.3, -0.25) is 9.59 Å². The molecule has 0 aliphatic carbocycles. The van der Waals surface area contributed by atoms with E-state index in [1.54, 1.807) is 0 Å². The van der Waals surface area contributed by atoms with Crippen LogP contribution in [0, 0.1) is 0 Å². The zero-order valence-electron chi connectivity index (χ0n) is 37.5. The minimum absolute atomic E-state index is 0.132. The molecule has 2 heterocycles. The number of rotatable bonds is 37. The van der Waals surface area contributed by atoms with Crippen molar-refractivity contribution in [2.24, 2.45) is 0 Å². The van der Waals surface area contributed by atoms with Crippen molar-refractivity contribution in [1.82, 2.24) is 0 Å². The summed E-state index contributed by atoms with van der Waals surface area (Å²) in [7, 11) is 0. The van der Waals surface area contributed by atoms with Crippen molar-refractivity contribution in [3.63, 3.8) is 0 Å². The normalized spacial score (nSPS) is 25.1. The van der Waals surface area contributed by atoms with Crippen LogP contribution in [-0.4, -0.2) is 112 Å². The van der Waals surface area contributed by atoms with Crippen LogP contribution in [0.3, 0.4) is 0 Å². The fourth-order valence-electron chi connectivity index (χ4n) is 7.87. The van der Waals surface area contributed by atoms with Gasteiger partial charge >= 0.3 is 11.9 Å². The molecule has 0 amide bonds. The minimum atomic E-state index is -1.72. The molecule has 0 aromatic rings. The van der Waals surface area contributed by atoms with Crippen molar-refractivity contribution in [3.8, 4) is 0 Å². The van der Waals surface area contributed by atoms with Gasteiger partial charge in [0.05, 0.1) is 19.8 Å². The average molecular weight is 855 g/mol. The zero-order valence-corrected chi connectivity index (χ0v) is 37.5. The van der Waals surface area contributed by atoms with E-state index in [-0.39, 0.29) is 19.4 Å². The fourth-order valence-corrected chi connectivity index (χ4v) is 7.87. The maximum absolute atomic E-state index is 13.0. The lowest BCUT2D eigenvalue weighted by molar-refractivity contribution is -0.320. The molecule has 12 heteroatoms. The number of carbonyl (C=O) groups excluding carboxylic acids is 2. The molecule has 2 saturated heterocycles. The molecule has 0 bridgehead atoms. The minimum Gasteiger partial charge on any atom is -0.457 e. The number of unbranched alkanes of at least 4 members (excludes halogenated alkanes) is 22. The highest BCUT2D eigenvalue weighted by atomic mass is 16.7. The lowest BCUT2D eigenvalue weighted by Crippen LogP contribution is -2.61. The molecule has 350 valence electrons. The van der Waals surface area contributed by atoms with Crippen molar-refractivity contribution in [3.05, 3.63) is 24.3 Å². The van der Waals surface area contributed by atoms with E-state index in [0.29, 0.717) is 12.8 Å². The van der Waals surface area contributed by atoms with Crippen molar-refractivity contribution >= 4 is 11.9 Å². The quantitative estimate of drug-likeness (QED) is 0.0229. The highest BCUT2D eigenvalue weighted by Crippen LogP contribution is 2.31. The van der Waals surface area contributed by atoms with Crippen LogP contribution >= 0.6 is 0 Å². The summed E-state index contributed by atoms with van der Waals surface area (Å²) < 4.78 is 29.0. The standard InChI is InChI=1S/C48H86O12/c1-3-5-7-9-11-13-15-17-19-21-23-25-27-29-31-33-41(51)57-39(36-50)46-47(60-48-45(55)44(54)43(53)38(35-49)59-48)40(37-56-46)58-42(52)34-32-30-28-26-24-22-20-18-16-14-12-10-8-6-4-2/h17-20,38-40,43-50,53-55H,3-16,21-37H2,1-2H3/b19-17-,20-18-/t38-,39-,40+,43-,44+,45+,46-,47-,48?/m1/s1. The molecule has 9 atom stereocenters. The predicted octanol–water partition coefficient (Wildman–Crippen LogP) is 8.46. The number of ether oxygens (including phenoxy) is 5. The molecule has 5 N–H and O–H groups in total. The van der Waals surface area contributed by atoms with Gasteiger partial charge in [-0.1, -0.05) is 141 Å². The number of carbonyl (C=O) groups is 2. The Kier molecular flexibility index (Phi) is 32.1. The van der Waals surface area contributed by atoms with E-state index in [9.17, 15) is 35.1 Å². The smallest absolute Gasteiger partial charge is 0.306 e. The van der Waals surface area contributed by atoms with Gasteiger partial charge in [-0.2, -0.15) is 0 Å². The van der Waals surface area contributed by atoms with Crippen molar-refractivity contribution in [2.45, 2.75) is 249 Å². The Morgan fingerprint density at radius 3 is 1.52 bits per heavy atom. The number of esters is 2. The predicted molar refractivity (Wildman–Crippen MR) is 234 cm³/mol. The highest BCUT2D eigenvalue weighted by Gasteiger charge is 2.51. The van der Waals surface area contributed by atoms with Crippen LogP contribution in [0.25, 0.3) is 0 Å². The molecule has 0 aromatic heterocycles. The Morgan fingerprint density at radius 1 is 0.600 bits per heavy atom. The molecule has 0 saturated carbocycles. The van der Waals surface area contributed by atoms with E-state index in [0.717, 1.165) is 77.0 Å². The highest BCUT2D eigenvalue weighted by molar-refractivity contribution is 5.70. The molecular weight excluding hydrogens is 769 g/mol. The molecule has 1 unspecified atom stereocenters. The fraction of sp³-hybridized carbons (Fsp3) is 0.875. The summed E-state index contributed by atoms with van der Waals surface area (Å²) in [6.07, 6.45) is 26.9. The molecule has 0 aromatic carbocycles. The van der Waals surface area contributed by atoms with Crippen molar-refractivity contribution in [2.75, 3.05) is 19.8 Å². The van der Waals surface area contributed by atoms with Crippen LogP contribution in [0.4, 0.5) is 0 Å². The van der Waals surface area contributed by atoms with E-state index < -0.39 is 80.3 Å². The molecule has 60 heavy (non-hydrogen) atoms. The molecule has 0 radical (unpaired) electrons. The number of hydrogen-bond acceptors (Lipinski definition) is 12. The van der Waals surface area contributed by atoms with E-state index in [2.05, 4.69) is 38.2 Å². The lowest BCUT2D eigenvalue weighted by Gasteiger charge is -2.41. The lowest BCUT2D eigenvalue weighted by atomic mass is 9.99. The molecule has 2 aliphatic heterocycles. The monoisotopic (exact) mass is 855 g/mol. The second-order valence-electron chi connectivity index (χ2n) is 17.0. The van der Waals surface area contributed by atoms with E-state index >= 15 is 0 Å². The maximum atomic E-state index is 13.0. The van der Waals surface area contributed by atoms with Crippen LogP contribution < -0.4 is 0 Å². The number of hydrogen-bond donors (Lipinski definition) is 5. The van der Waals surface area contributed by atoms with Crippen molar-refractivity contribution in [1.29, 1.82) is 0 Å². The van der Waals surface area contributed by atoms with Gasteiger partial charge in [0.2, 0.25) is 0 Å². The summed E-state index contributed by atoms with van der Waals surface area (Å²) in [5, 5.41) is 51.4. The summed E-state index contributed by atoms with van der Waals surface area (Å²) in [6, 6.07) is 0. The Morgan fingerprint density at radius 2 is 1.05 bits per heavy atom. The van der Waals surface area contributed by atoms with E-state index in [1.807, 2.05) is 0 Å². The third-order valence-electron chi connectivity index (χ3n) is 11.7. The average Bonchev–Trinajstić information content (AvgIpc) is 3.63. The first-order valence-corrected chi connectivity index (χ1v) is 24.1. The van der Waals surface area contributed by atoms with Crippen molar-refractivity contribution < 1.29 is 58.8 Å². The molecule has 0 spiro atoms. The Balaban J connectivity index is 1.79. The Hall–Kier alpha value is -1.90. The number of aliphatic hydroxyl groups excluding tert-OH is 5. The Labute approximate surface area is 362 Å². The molecule has 2 aliphatic rings. The summed E-state index contributed by atoms with van der Waals surface area (Å²) in [5.74, 6) is -0.975. The second-order valence-corrected chi connectivity index (χ2v) is 17.0. The van der Waals surface area contributed by atoms with Gasteiger partial charge in [0.25, 0.3) is 0 Å². The van der Waals surface area contributed by atoms with E-state index in [1.165, 1.54) is 77.0 Å². The van der Waals surface area contributed by atoms with Gasteiger partial charge in [-0.25, -0.2) is 0 Å². The summed E-state index contributed by atoms with van der Waals surface area (Å²) in [5.41, 5.74) is 0. The third kappa shape index (κ3) is 23.5. The van der Waals surface area contributed by atoms with Crippen LogP contribution in [0.5, 0.6) is 0 Å². The van der Waals surface area contributed by atoms with Crippen LogP contribution in [0.15, 0.2) is 24.3 Å².